The fourth-order valence-electron chi connectivity index (χ4n) is 3.45. The van der Waals surface area contributed by atoms with Crippen molar-refractivity contribution >= 4 is 46.2 Å². The van der Waals surface area contributed by atoms with Crippen LogP contribution in [0.5, 0.6) is 5.75 Å². The van der Waals surface area contributed by atoms with Crippen molar-refractivity contribution < 1.29 is 9.53 Å². The van der Waals surface area contributed by atoms with Crippen LogP contribution < -0.4 is 9.64 Å². The third-order valence-electron chi connectivity index (χ3n) is 5.00. The number of amidine groups is 1. The van der Waals surface area contributed by atoms with Gasteiger partial charge >= 0.3 is 0 Å². The van der Waals surface area contributed by atoms with Gasteiger partial charge in [-0.3, -0.25) is 4.79 Å². The molecule has 0 atom stereocenters. The summed E-state index contributed by atoms with van der Waals surface area (Å²) in [6.07, 6.45) is 2.82. The zero-order chi connectivity index (χ0) is 20.9. The molecule has 2 aromatic carbocycles. The number of halogens is 1. The Morgan fingerprint density at radius 3 is 2.63 bits per heavy atom. The maximum atomic E-state index is 12.5. The molecule has 5 nitrogen and oxygen atoms in total. The predicted molar refractivity (Wildman–Crippen MR) is 125 cm³/mol. The lowest BCUT2D eigenvalue weighted by molar-refractivity contribution is -0.113. The Morgan fingerprint density at radius 2 is 1.87 bits per heavy atom. The molecule has 0 radical (unpaired) electrons. The number of carbonyl (C=O) groups is 1. The summed E-state index contributed by atoms with van der Waals surface area (Å²) in [6.45, 7) is 6.08. The zero-order valence-corrected chi connectivity index (χ0v) is 18.5. The molecule has 0 aliphatic carbocycles. The van der Waals surface area contributed by atoms with Crippen LogP contribution in [0.25, 0.3) is 6.08 Å². The van der Waals surface area contributed by atoms with Gasteiger partial charge in [0.2, 0.25) is 0 Å². The van der Waals surface area contributed by atoms with Crippen molar-refractivity contribution in [3.05, 3.63) is 64.0 Å². The highest BCUT2D eigenvalue weighted by Gasteiger charge is 2.28. The van der Waals surface area contributed by atoms with Crippen LogP contribution >= 0.6 is 23.4 Å². The summed E-state index contributed by atoms with van der Waals surface area (Å²) in [5.41, 5.74) is 2.03. The Labute approximate surface area is 186 Å². The van der Waals surface area contributed by atoms with Gasteiger partial charge in [-0.15, -0.1) is 0 Å². The highest BCUT2D eigenvalue weighted by Crippen LogP contribution is 2.33. The van der Waals surface area contributed by atoms with E-state index in [2.05, 4.69) is 27.8 Å². The van der Waals surface area contributed by atoms with Crippen LogP contribution in [0.15, 0.2) is 58.4 Å². The molecule has 2 heterocycles. The van der Waals surface area contributed by atoms with E-state index in [4.69, 9.17) is 16.3 Å². The van der Waals surface area contributed by atoms with Crippen LogP contribution in [0.1, 0.15) is 18.9 Å². The van der Waals surface area contributed by atoms with Gasteiger partial charge in [-0.05, 0) is 48.5 Å². The maximum Gasteiger partial charge on any atom is 0.286 e. The molecule has 0 unspecified atom stereocenters. The van der Waals surface area contributed by atoms with Crippen molar-refractivity contribution in [2.24, 2.45) is 4.99 Å². The number of amides is 1. The first-order chi connectivity index (χ1) is 14.6. The highest BCUT2D eigenvalue weighted by atomic mass is 35.5. The van der Waals surface area contributed by atoms with Gasteiger partial charge in [-0.2, -0.15) is 4.99 Å². The molecule has 0 spiro atoms. The Morgan fingerprint density at radius 1 is 1.10 bits per heavy atom. The van der Waals surface area contributed by atoms with Gasteiger partial charge < -0.3 is 14.5 Å². The first kappa shape index (κ1) is 20.8. The van der Waals surface area contributed by atoms with E-state index in [1.165, 1.54) is 11.8 Å². The molecule has 1 amide bonds. The second kappa shape index (κ2) is 9.58. The maximum absolute atomic E-state index is 12.5. The monoisotopic (exact) mass is 441 g/mol. The lowest BCUT2D eigenvalue weighted by Crippen LogP contribution is -2.47. The van der Waals surface area contributed by atoms with Crippen molar-refractivity contribution in [1.82, 2.24) is 4.90 Å². The summed E-state index contributed by atoms with van der Waals surface area (Å²) in [5.74, 6) is 0.612. The quantitative estimate of drug-likeness (QED) is 0.616. The zero-order valence-electron chi connectivity index (χ0n) is 16.9. The van der Waals surface area contributed by atoms with Crippen LogP contribution in [0, 0.1) is 0 Å². The normalized spacial score (nSPS) is 18.1. The third kappa shape index (κ3) is 4.82. The van der Waals surface area contributed by atoms with Crippen molar-refractivity contribution in [3.8, 4) is 5.75 Å². The number of rotatable bonds is 5. The molecule has 2 aliphatic rings. The standard InChI is InChI=1S/C23H24ClN3O2S/c1-2-14-29-20-9-4-3-6-17(20)15-21-22(28)25-23(30-21)27-12-10-26(11-13-27)19-8-5-7-18(24)16-19/h3-9,15-16H,2,10-14H2,1H3. The lowest BCUT2D eigenvalue weighted by Gasteiger charge is -2.36. The summed E-state index contributed by atoms with van der Waals surface area (Å²) in [7, 11) is 0. The molecular formula is C23H24ClN3O2S. The molecule has 30 heavy (non-hydrogen) atoms. The molecular weight excluding hydrogens is 418 g/mol. The Kier molecular flexibility index (Phi) is 6.65. The summed E-state index contributed by atoms with van der Waals surface area (Å²) >= 11 is 7.57. The van der Waals surface area contributed by atoms with Gasteiger partial charge in [0.25, 0.3) is 5.91 Å². The van der Waals surface area contributed by atoms with Crippen molar-refractivity contribution in [2.75, 3.05) is 37.7 Å². The largest absolute Gasteiger partial charge is 0.493 e. The number of ether oxygens (including phenoxy) is 1. The van der Waals surface area contributed by atoms with E-state index < -0.39 is 0 Å². The number of hydrogen-bond acceptors (Lipinski definition) is 5. The molecule has 1 fully saturated rings. The van der Waals surface area contributed by atoms with E-state index in [0.29, 0.717) is 11.5 Å². The van der Waals surface area contributed by atoms with Gasteiger partial charge in [-0.25, -0.2) is 0 Å². The summed E-state index contributed by atoms with van der Waals surface area (Å²) in [4.78, 5) is 21.9. The number of aliphatic imine (C=N–C) groups is 1. The number of anilines is 1. The van der Waals surface area contributed by atoms with Gasteiger partial charge in [0.05, 0.1) is 11.5 Å². The number of carbonyl (C=O) groups excluding carboxylic acids is 1. The third-order valence-corrected chi connectivity index (χ3v) is 6.28. The van der Waals surface area contributed by atoms with E-state index in [9.17, 15) is 4.79 Å². The number of para-hydroxylation sites is 1. The van der Waals surface area contributed by atoms with Crippen molar-refractivity contribution in [3.63, 3.8) is 0 Å². The molecule has 0 saturated carbocycles. The number of piperazine rings is 1. The average molecular weight is 442 g/mol. The highest BCUT2D eigenvalue weighted by molar-refractivity contribution is 8.18. The number of nitrogens with zero attached hydrogens (tertiary/aromatic N) is 3. The van der Waals surface area contributed by atoms with E-state index in [-0.39, 0.29) is 5.91 Å². The van der Waals surface area contributed by atoms with Gasteiger partial charge in [0.1, 0.15) is 5.75 Å². The molecule has 2 aliphatic heterocycles. The topological polar surface area (TPSA) is 45.1 Å². The SMILES string of the molecule is CCCOc1ccccc1C=C1SC(N2CCN(c3cccc(Cl)c3)CC2)=NC1=O. The molecule has 4 rings (SSSR count). The molecule has 0 N–H and O–H groups in total. The lowest BCUT2D eigenvalue weighted by atomic mass is 10.2. The van der Waals surface area contributed by atoms with Gasteiger partial charge in [0, 0.05) is 42.5 Å². The smallest absolute Gasteiger partial charge is 0.286 e. The summed E-state index contributed by atoms with van der Waals surface area (Å²) in [6, 6.07) is 15.7. The van der Waals surface area contributed by atoms with E-state index >= 15 is 0 Å². The minimum absolute atomic E-state index is 0.183. The molecule has 0 bridgehead atoms. The van der Waals surface area contributed by atoms with Crippen molar-refractivity contribution in [1.29, 1.82) is 0 Å². The Bertz CT molecular complexity index is 984. The fraction of sp³-hybridized carbons (Fsp3) is 0.304. The van der Waals surface area contributed by atoms with Crippen LogP contribution in [-0.2, 0) is 4.79 Å². The van der Waals surface area contributed by atoms with Crippen LogP contribution in [0.2, 0.25) is 5.02 Å². The molecule has 0 aromatic heterocycles. The van der Waals surface area contributed by atoms with Gasteiger partial charge in [-0.1, -0.05) is 42.8 Å². The minimum atomic E-state index is -0.183. The average Bonchev–Trinajstić information content (AvgIpc) is 3.13. The number of hydrogen-bond donors (Lipinski definition) is 0. The van der Waals surface area contributed by atoms with Gasteiger partial charge in [0.15, 0.2) is 5.17 Å². The summed E-state index contributed by atoms with van der Waals surface area (Å²) in [5, 5.41) is 1.53. The predicted octanol–water partition coefficient (Wildman–Crippen LogP) is 4.92. The molecule has 1 saturated heterocycles. The minimum Gasteiger partial charge on any atom is -0.493 e. The Balaban J connectivity index is 1.41. The second-order valence-corrected chi connectivity index (χ2v) is 8.60. The molecule has 156 valence electrons. The molecule has 2 aromatic rings. The van der Waals surface area contributed by atoms with Crippen molar-refractivity contribution in [2.45, 2.75) is 13.3 Å². The Hall–Kier alpha value is -2.44. The molecule has 7 heteroatoms. The van der Waals surface area contributed by atoms with E-state index in [0.717, 1.165) is 59.8 Å². The van der Waals surface area contributed by atoms with E-state index in [1.807, 2.05) is 48.5 Å². The first-order valence-electron chi connectivity index (χ1n) is 10.1. The van der Waals surface area contributed by atoms with Crippen LogP contribution in [0.4, 0.5) is 5.69 Å². The number of thioether (sulfide) groups is 1. The van der Waals surface area contributed by atoms with E-state index in [1.54, 1.807) is 0 Å². The van der Waals surface area contributed by atoms with Crippen LogP contribution in [0.3, 0.4) is 0 Å². The first-order valence-corrected chi connectivity index (χ1v) is 11.3. The summed E-state index contributed by atoms with van der Waals surface area (Å²) < 4.78 is 5.81. The van der Waals surface area contributed by atoms with Crippen LogP contribution in [-0.4, -0.2) is 48.8 Å². The fourth-order valence-corrected chi connectivity index (χ4v) is 4.59. The number of benzene rings is 2. The second-order valence-electron chi connectivity index (χ2n) is 7.15.